The van der Waals surface area contributed by atoms with Crippen LogP contribution in [0.5, 0.6) is 0 Å². The van der Waals surface area contributed by atoms with Crippen molar-refractivity contribution in [2.45, 2.75) is 31.1 Å². The minimum Gasteiger partial charge on any atom is -0.396 e. The van der Waals surface area contributed by atoms with Crippen molar-refractivity contribution in [1.29, 1.82) is 0 Å². The van der Waals surface area contributed by atoms with Gasteiger partial charge in [-0.3, -0.25) is 0 Å². The van der Waals surface area contributed by atoms with Gasteiger partial charge >= 0.3 is 0 Å². The van der Waals surface area contributed by atoms with Crippen LogP contribution in [0, 0.1) is 0 Å². The summed E-state index contributed by atoms with van der Waals surface area (Å²) in [5.41, 5.74) is 6.62. The minimum absolute atomic E-state index is 0.199. The summed E-state index contributed by atoms with van der Waals surface area (Å²) in [6.45, 7) is 0.199. The Morgan fingerprint density at radius 1 is 0.720 bits per heavy atom. The van der Waals surface area contributed by atoms with Crippen LogP contribution in [-0.4, -0.2) is 11.7 Å². The molecule has 1 nitrogen and oxygen atoms in total. The number of rotatable bonds is 6. The standard InChI is InChI=1S/C24H24O/c25-17-16-18-6-8-22(9-7-18)24(21-4-2-1-3-5-21)23-14-12-20(13-15-23)19-10-11-19/h1-9,12-15,19,24-25H,10-11,16-17H2. The Morgan fingerprint density at radius 3 is 1.84 bits per heavy atom. The van der Waals surface area contributed by atoms with Gasteiger partial charge in [-0.1, -0.05) is 78.9 Å². The Morgan fingerprint density at radius 2 is 1.28 bits per heavy atom. The molecule has 1 unspecified atom stereocenters. The average Bonchev–Trinajstić information content (AvgIpc) is 3.50. The fourth-order valence-electron chi connectivity index (χ4n) is 3.61. The van der Waals surface area contributed by atoms with E-state index < -0.39 is 0 Å². The molecule has 1 atom stereocenters. The van der Waals surface area contributed by atoms with Gasteiger partial charge in [0.15, 0.2) is 0 Å². The molecular formula is C24H24O. The normalized spacial score (nSPS) is 15.1. The quantitative estimate of drug-likeness (QED) is 0.610. The lowest BCUT2D eigenvalue weighted by Gasteiger charge is -2.19. The van der Waals surface area contributed by atoms with E-state index in [0.717, 1.165) is 5.92 Å². The van der Waals surface area contributed by atoms with Crippen LogP contribution in [-0.2, 0) is 6.42 Å². The molecule has 25 heavy (non-hydrogen) atoms. The van der Waals surface area contributed by atoms with Crippen molar-refractivity contribution < 1.29 is 5.11 Å². The summed E-state index contributed by atoms with van der Waals surface area (Å²) in [5.74, 6) is 1.04. The van der Waals surface area contributed by atoms with E-state index in [2.05, 4.69) is 78.9 Å². The van der Waals surface area contributed by atoms with Crippen LogP contribution in [0.25, 0.3) is 0 Å². The molecule has 1 N–H and O–H groups in total. The number of hydrogen-bond acceptors (Lipinski definition) is 1. The van der Waals surface area contributed by atoms with E-state index in [1.54, 1.807) is 0 Å². The first-order valence-corrected chi connectivity index (χ1v) is 9.19. The predicted molar refractivity (Wildman–Crippen MR) is 103 cm³/mol. The molecule has 0 saturated heterocycles. The van der Waals surface area contributed by atoms with Crippen LogP contribution in [0.2, 0.25) is 0 Å². The lowest BCUT2D eigenvalue weighted by Crippen LogP contribution is -2.04. The molecule has 0 heterocycles. The molecule has 1 fully saturated rings. The van der Waals surface area contributed by atoms with Crippen LogP contribution in [0.15, 0.2) is 78.9 Å². The summed E-state index contributed by atoms with van der Waals surface area (Å²) < 4.78 is 0. The lowest BCUT2D eigenvalue weighted by molar-refractivity contribution is 0.299. The van der Waals surface area contributed by atoms with Gasteiger partial charge in [-0.2, -0.15) is 0 Å². The number of aliphatic hydroxyl groups excluding tert-OH is 1. The van der Waals surface area contributed by atoms with E-state index in [9.17, 15) is 0 Å². The zero-order valence-electron chi connectivity index (χ0n) is 14.4. The van der Waals surface area contributed by atoms with Gasteiger partial charge < -0.3 is 5.11 Å². The second-order valence-electron chi connectivity index (χ2n) is 7.00. The van der Waals surface area contributed by atoms with Crippen molar-refractivity contribution in [3.63, 3.8) is 0 Å². The van der Waals surface area contributed by atoms with Gasteiger partial charge in [-0.15, -0.1) is 0 Å². The highest BCUT2D eigenvalue weighted by atomic mass is 16.2. The molecule has 0 aromatic heterocycles. The maximum atomic E-state index is 9.13. The summed E-state index contributed by atoms with van der Waals surface area (Å²) in [6.07, 6.45) is 3.40. The zero-order valence-corrected chi connectivity index (χ0v) is 14.4. The summed E-state index contributed by atoms with van der Waals surface area (Å²) in [6, 6.07) is 28.6. The monoisotopic (exact) mass is 328 g/mol. The van der Waals surface area contributed by atoms with E-state index in [1.807, 2.05) is 0 Å². The lowest BCUT2D eigenvalue weighted by atomic mass is 9.84. The Labute approximate surface area is 150 Å². The van der Waals surface area contributed by atoms with Crippen molar-refractivity contribution in [2.75, 3.05) is 6.61 Å². The highest BCUT2D eigenvalue weighted by Crippen LogP contribution is 2.41. The smallest absolute Gasteiger partial charge is 0.0471 e. The Balaban J connectivity index is 1.71. The number of aliphatic hydroxyl groups is 1. The van der Waals surface area contributed by atoms with Gasteiger partial charge in [0.2, 0.25) is 0 Å². The van der Waals surface area contributed by atoms with E-state index >= 15 is 0 Å². The van der Waals surface area contributed by atoms with Gasteiger partial charge in [0.05, 0.1) is 0 Å². The summed E-state index contributed by atoms with van der Waals surface area (Å²) >= 11 is 0. The van der Waals surface area contributed by atoms with E-state index in [1.165, 1.54) is 40.7 Å². The summed E-state index contributed by atoms with van der Waals surface area (Å²) in [5, 5.41) is 9.13. The molecule has 3 aromatic carbocycles. The molecule has 0 amide bonds. The Hall–Kier alpha value is -2.38. The first-order valence-electron chi connectivity index (χ1n) is 9.19. The van der Waals surface area contributed by atoms with Crippen LogP contribution < -0.4 is 0 Å². The highest BCUT2D eigenvalue weighted by molar-refractivity contribution is 5.44. The predicted octanol–water partition coefficient (Wildman–Crippen LogP) is 5.28. The van der Waals surface area contributed by atoms with Gasteiger partial charge in [0.25, 0.3) is 0 Å². The van der Waals surface area contributed by atoms with E-state index in [4.69, 9.17) is 5.11 Å². The van der Waals surface area contributed by atoms with Crippen LogP contribution >= 0.6 is 0 Å². The molecule has 1 saturated carbocycles. The van der Waals surface area contributed by atoms with Crippen LogP contribution in [0.3, 0.4) is 0 Å². The number of benzene rings is 3. The maximum absolute atomic E-state index is 9.13. The number of hydrogen-bond donors (Lipinski definition) is 1. The molecule has 0 radical (unpaired) electrons. The van der Waals surface area contributed by atoms with Crippen molar-refractivity contribution >= 4 is 0 Å². The molecular weight excluding hydrogens is 304 g/mol. The highest BCUT2D eigenvalue weighted by Gasteiger charge is 2.24. The minimum atomic E-state index is 0.199. The Bertz CT molecular complexity index is 799. The van der Waals surface area contributed by atoms with Gasteiger partial charge in [-0.25, -0.2) is 0 Å². The van der Waals surface area contributed by atoms with Gasteiger partial charge in [0, 0.05) is 12.5 Å². The van der Waals surface area contributed by atoms with Crippen LogP contribution in [0.1, 0.15) is 52.5 Å². The first kappa shape index (κ1) is 16.1. The molecule has 126 valence electrons. The average molecular weight is 328 g/mol. The second-order valence-corrected chi connectivity index (χ2v) is 7.00. The molecule has 3 aromatic rings. The fraction of sp³-hybridized carbons (Fsp3) is 0.250. The third-order valence-corrected chi connectivity index (χ3v) is 5.16. The topological polar surface area (TPSA) is 20.2 Å². The van der Waals surface area contributed by atoms with Crippen molar-refractivity contribution in [3.05, 3.63) is 107 Å². The summed E-state index contributed by atoms with van der Waals surface area (Å²) in [4.78, 5) is 0. The first-order chi connectivity index (χ1) is 12.3. The fourth-order valence-corrected chi connectivity index (χ4v) is 3.61. The molecule has 1 aliphatic carbocycles. The van der Waals surface area contributed by atoms with Crippen molar-refractivity contribution in [2.24, 2.45) is 0 Å². The van der Waals surface area contributed by atoms with Crippen molar-refractivity contribution in [1.82, 2.24) is 0 Å². The van der Waals surface area contributed by atoms with Crippen LogP contribution in [0.4, 0.5) is 0 Å². The van der Waals surface area contributed by atoms with Crippen molar-refractivity contribution in [3.8, 4) is 0 Å². The zero-order chi connectivity index (χ0) is 17.1. The second kappa shape index (κ2) is 7.25. The van der Waals surface area contributed by atoms with Gasteiger partial charge in [0.1, 0.15) is 0 Å². The SMILES string of the molecule is OCCc1ccc(C(c2ccccc2)c2ccc(C3CC3)cc2)cc1. The van der Waals surface area contributed by atoms with E-state index in [0.29, 0.717) is 6.42 Å². The molecule has 0 aliphatic heterocycles. The van der Waals surface area contributed by atoms with Gasteiger partial charge in [-0.05, 0) is 53.0 Å². The van der Waals surface area contributed by atoms with E-state index in [-0.39, 0.29) is 12.5 Å². The largest absolute Gasteiger partial charge is 0.396 e. The third kappa shape index (κ3) is 3.67. The Kier molecular flexibility index (Phi) is 4.67. The molecule has 4 rings (SSSR count). The molecule has 1 aliphatic rings. The third-order valence-electron chi connectivity index (χ3n) is 5.16. The maximum Gasteiger partial charge on any atom is 0.0471 e. The summed E-state index contributed by atoms with van der Waals surface area (Å²) in [7, 11) is 0. The molecule has 1 heteroatoms. The molecule has 0 bridgehead atoms. The molecule has 0 spiro atoms.